The Morgan fingerprint density at radius 1 is 1.48 bits per heavy atom. The summed E-state index contributed by atoms with van der Waals surface area (Å²) in [5.74, 6) is -0.723. The van der Waals surface area contributed by atoms with E-state index in [1.165, 1.54) is 10.8 Å². The number of hydrogen-bond donors (Lipinski definition) is 0. The molecule has 0 bridgehead atoms. The molecule has 1 aromatic heterocycles. The Hall–Kier alpha value is -2.07. The Morgan fingerprint density at radius 2 is 2.14 bits per heavy atom. The number of ether oxygens (including phenoxy) is 2. The summed E-state index contributed by atoms with van der Waals surface area (Å²) in [6, 6.07) is 1.83. The highest BCUT2D eigenvalue weighted by Gasteiger charge is 2.17. The zero-order chi connectivity index (χ0) is 16.0. The maximum atomic E-state index is 12.2. The molecule has 1 heterocycles. The van der Waals surface area contributed by atoms with Crippen LogP contribution in [0, 0.1) is 11.3 Å². The summed E-state index contributed by atoms with van der Waals surface area (Å²) in [6.07, 6.45) is 1.02. The molecule has 0 spiro atoms. The number of thiazole rings is 1. The van der Waals surface area contributed by atoms with E-state index in [-0.39, 0.29) is 17.2 Å². The van der Waals surface area contributed by atoms with Crippen LogP contribution >= 0.6 is 11.3 Å². The highest BCUT2D eigenvalue weighted by molar-refractivity contribution is 7.07. The molecule has 1 aromatic rings. The Morgan fingerprint density at radius 3 is 2.62 bits per heavy atom. The number of rotatable bonds is 5. The van der Waals surface area contributed by atoms with Crippen LogP contribution in [0.2, 0.25) is 0 Å². The molecule has 0 saturated heterocycles. The van der Waals surface area contributed by atoms with Crippen LogP contribution in [0.1, 0.15) is 27.7 Å². The van der Waals surface area contributed by atoms with Crippen molar-refractivity contribution in [1.82, 2.24) is 4.57 Å². The number of carbonyl (C=O) groups is 1. The predicted molar refractivity (Wildman–Crippen MR) is 79.8 cm³/mol. The van der Waals surface area contributed by atoms with E-state index in [0.717, 1.165) is 11.3 Å². The molecule has 0 aliphatic heterocycles. The lowest BCUT2D eigenvalue weighted by Gasteiger charge is -2.06. The van der Waals surface area contributed by atoms with Crippen molar-refractivity contribution < 1.29 is 14.3 Å². The lowest BCUT2D eigenvalue weighted by atomic mass is 10.3. The number of nitriles is 1. The van der Waals surface area contributed by atoms with E-state index >= 15 is 0 Å². The van der Waals surface area contributed by atoms with Crippen molar-refractivity contribution in [3.8, 4) is 6.07 Å². The molecule has 0 saturated carbocycles. The maximum absolute atomic E-state index is 12.2. The van der Waals surface area contributed by atoms with Gasteiger partial charge in [-0.05, 0) is 27.7 Å². The molecule has 0 radical (unpaired) electrons. The van der Waals surface area contributed by atoms with E-state index in [4.69, 9.17) is 9.47 Å². The quantitative estimate of drug-likeness (QED) is 0.732. The van der Waals surface area contributed by atoms with Gasteiger partial charge in [0, 0.05) is 6.54 Å². The van der Waals surface area contributed by atoms with Gasteiger partial charge in [-0.1, -0.05) is 0 Å². The van der Waals surface area contributed by atoms with Gasteiger partial charge in [-0.3, -0.25) is 9.36 Å². The molecule has 0 aromatic carbocycles. The Balaban J connectivity index is 3.59. The van der Waals surface area contributed by atoms with Crippen molar-refractivity contribution in [2.24, 2.45) is 0 Å². The molecule has 0 aliphatic carbocycles. The van der Waals surface area contributed by atoms with Crippen molar-refractivity contribution in [3.05, 3.63) is 19.5 Å². The van der Waals surface area contributed by atoms with Crippen LogP contribution in [0.4, 0.5) is 0 Å². The average molecular weight is 310 g/mol. The highest BCUT2D eigenvalue weighted by atomic mass is 32.1. The van der Waals surface area contributed by atoms with Crippen molar-refractivity contribution in [3.63, 3.8) is 0 Å². The first-order chi connectivity index (χ1) is 9.96. The topological polar surface area (TPSA) is 81.3 Å². The van der Waals surface area contributed by atoms with Crippen LogP contribution in [-0.4, -0.2) is 23.2 Å². The summed E-state index contributed by atoms with van der Waals surface area (Å²) in [7, 11) is 0. The van der Waals surface area contributed by atoms with Crippen LogP contribution in [0.5, 0.6) is 0 Å². The minimum Gasteiger partial charge on any atom is -0.500 e. The van der Waals surface area contributed by atoms with Gasteiger partial charge in [0.05, 0.1) is 12.7 Å². The van der Waals surface area contributed by atoms with Gasteiger partial charge in [-0.25, -0.2) is 4.79 Å². The SMILES string of the molecule is CCO/C=c1\s/c(=C(/C#N)C(=O)OC(C)C)n(CC)c1=O. The van der Waals surface area contributed by atoms with Gasteiger partial charge in [0.15, 0.2) is 5.57 Å². The molecule has 7 heteroatoms. The molecular weight excluding hydrogens is 292 g/mol. The van der Waals surface area contributed by atoms with Crippen molar-refractivity contribution in [1.29, 1.82) is 5.26 Å². The Labute approximate surface area is 126 Å². The summed E-state index contributed by atoms with van der Waals surface area (Å²) >= 11 is 1.05. The van der Waals surface area contributed by atoms with Gasteiger partial charge >= 0.3 is 5.97 Å². The van der Waals surface area contributed by atoms with Crippen molar-refractivity contribution >= 4 is 29.1 Å². The molecule has 114 valence electrons. The standard InChI is InChI=1S/C14H18N2O4S/c1-5-16-12(17)11(8-19-6-2)21-13(16)10(7-15)14(18)20-9(3)4/h8-9H,5-6H2,1-4H3/b11-8-,13-10-. The third kappa shape index (κ3) is 3.95. The Bertz CT molecular complexity index is 722. The van der Waals surface area contributed by atoms with Gasteiger partial charge < -0.3 is 9.47 Å². The monoisotopic (exact) mass is 310 g/mol. The van der Waals surface area contributed by atoms with E-state index in [1.54, 1.807) is 27.7 Å². The lowest BCUT2D eigenvalue weighted by Crippen LogP contribution is -2.32. The third-order valence-electron chi connectivity index (χ3n) is 2.45. The molecule has 0 unspecified atom stereocenters. The van der Waals surface area contributed by atoms with E-state index in [0.29, 0.717) is 22.3 Å². The largest absolute Gasteiger partial charge is 0.500 e. The van der Waals surface area contributed by atoms with Gasteiger partial charge in [0.2, 0.25) is 0 Å². The number of esters is 1. The average Bonchev–Trinajstić information content (AvgIpc) is 2.72. The lowest BCUT2D eigenvalue weighted by molar-refractivity contribution is -0.140. The fourth-order valence-corrected chi connectivity index (χ4v) is 2.66. The molecule has 0 N–H and O–H groups in total. The normalized spacial score (nSPS) is 13.0. The number of hydrogen-bond acceptors (Lipinski definition) is 6. The molecule has 0 atom stereocenters. The van der Waals surface area contributed by atoms with Gasteiger partial charge in [0.1, 0.15) is 21.5 Å². The molecule has 21 heavy (non-hydrogen) atoms. The Kier molecular flexibility index (Phi) is 6.18. The minimum atomic E-state index is -0.723. The van der Waals surface area contributed by atoms with Gasteiger partial charge in [0.25, 0.3) is 5.56 Å². The number of carbonyl (C=O) groups excluding carboxylic acids is 1. The van der Waals surface area contributed by atoms with Gasteiger partial charge in [-0.2, -0.15) is 5.26 Å². The highest BCUT2D eigenvalue weighted by Crippen LogP contribution is 2.00. The summed E-state index contributed by atoms with van der Waals surface area (Å²) in [6.45, 7) is 7.75. The van der Waals surface area contributed by atoms with Crippen molar-refractivity contribution in [2.75, 3.05) is 6.61 Å². The second-order valence-electron chi connectivity index (χ2n) is 4.33. The zero-order valence-electron chi connectivity index (χ0n) is 12.5. The molecule has 0 amide bonds. The second-order valence-corrected chi connectivity index (χ2v) is 5.37. The molecule has 1 rings (SSSR count). The van der Waals surface area contributed by atoms with Crippen LogP contribution in [0.25, 0.3) is 11.8 Å². The third-order valence-corrected chi connectivity index (χ3v) is 3.56. The number of nitrogens with zero attached hydrogens (tertiary/aromatic N) is 2. The van der Waals surface area contributed by atoms with Crippen molar-refractivity contribution in [2.45, 2.75) is 40.3 Å². The first kappa shape index (κ1) is 17.0. The van der Waals surface area contributed by atoms with Crippen LogP contribution < -0.4 is 14.8 Å². The molecular formula is C14H18N2O4S. The molecule has 6 nitrogen and oxygen atoms in total. The summed E-state index contributed by atoms with van der Waals surface area (Å²) in [5.41, 5.74) is -0.445. The fraction of sp³-hybridized carbons (Fsp3) is 0.500. The molecule has 0 aliphatic rings. The molecule has 0 fully saturated rings. The number of aromatic nitrogens is 1. The predicted octanol–water partition coefficient (Wildman–Crippen LogP) is 0.330. The zero-order valence-corrected chi connectivity index (χ0v) is 13.3. The van der Waals surface area contributed by atoms with E-state index in [9.17, 15) is 14.9 Å². The first-order valence-electron chi connectivity index (χ1n) is 6.63. The van der Waals surface area contributed by atoms with E-state index < -0.39 is 5.97 Å². The second kappa shape index (κ2) is 7.64. The summed E-state index contributed by atoms with van der Waals surface area (Å²) in [5, 5.41) is 9.22. The first-order valence-corrected chi connectivity index (χ1v) is 7.44. The van der Waals surface area contributed by atoms with Crippen LogP contribution in [0.15, 0.2) is 4.79 Å². The summed E-state index contributed by atoms with van der Waals surface area (Å²) in [4.78, 5) is 24.1. The van der Waals surface area contributed by atoms with Crippen LogP contribution in [0.3, 0.4) is 0 Å². The minimum absolute atomic E-state index is 0.163. The van der Waals surface area contributed by atoms with Gasteiger partial charge in [-0.15, -0.1) is 11.3 Å². The maximum Gasteiger partial charge on any atom is 0.352 e. The van der Waals surface area contributed by atoms with E-state index in [1.807, 2.05) is 6.07 Å². The van der Waals surface area contributed by atoms with E-state index in [2.05, 4.69) is 0 Å². The smallest absolute Gasteiger partial charge is 0.352 e. The fourth-order valence-electron chi connectivity index (χ4n) is 1.59. The van der Waals surface area contributed by atoms with Crippen LogP contribution in [-0.2, 0) is 20.8 Å². The summed E-state index contributed by atoms with van der Waals surface area (Å²) < 4.78 is 12.2.